The SMILES string of the molecule is CN(C)C1CCCC(Nc2nc(C(C)(C)C)ns2)C1. The lowest BCUT2D eigenvalue weighted by molar-refractivity contribution is 0.219. The van der Waals surface area contributed by atoms with Crippen molar-refractivity contribution in [1.82, 2.24) is 14.3 Å². The normalized spacial score (nSPS) is 24.7. The summed E-state index contributed by atoms with van der Waals surface area (Å²) in [5.41, 5.74) is 0.0369. The van der Waals surface area contributed by atoms with Crippen molar-refractivity contribution in [2.45, 2.75) is 64.0 Å². The van der Waals surface area contributed by atoms with E-state index in [1.165, 1.54) is 37.2 Å². The molecule has 2 unspecified atom stereocenters. The Morgan fingerprint density at radius 1 is 1.26 bits per heavy atom. The number of nitrogens with zero attached hydrogens (tertiary/aromatic N) is 3. The van der Waals surface area contributed by atoms with E-state index in [4.69, 9.17) is 0 Å². The van der Waals surface area contributed by atoms with Gasteiger partial charge in [0.05, 0.1) is 0 Å². The maximum Gasteiger partial charge on any atom is 0.202 e. The topological polar surface area (TPSA) is 41.0 Å². The van der Waals surface area contributed by atoms with Gasteiger partial charge in [0.2, 0.25) is 5.13 Å². The van der Waals surface area contributed by atoms with Crippen LogP contribution >= 0.6 is 11.5 Å². The molecule has 1 fully saturated rings. The number of rotatable bonds is 3. The molecular weight excluding hydrogens is 256 g/mol. The lowest BCUT2D eigenvalue weighted by Gasteiger charge is -2.33. The van der Waals surface area contributed by atoms with E-state index in [0.717, 1.165) is 11.0 Å². The summed E-state index contributed by atoms with van der Waals surface area (Å²) in [7, 11) is 4.35. The van der Waals surface area contributed by atoms with Crippen LogP contribution in [0.5, 0.6) is 0 Å². The molecule has 0 amide bonds. The molecule has 108 valence electrons. The molecule has 1 heterocycles. The second kappa shape index (κ2) is 5.75. The fourth-order valence-electron chi connectivity index (χ4n) is 2.53. The summed E-state index contributed by atoms with van der Waals surface area (Å²) in [5, 5.41) is 4.56. The largest absolute Gasteiger partial charge is 0.357 e. The van der Waals surface area contributed by atoms with Crippen molar-refractivity contribution in [3.63, 3.8) is 0 Å². The van der Waals surface area contributed by atoms with Crippen LogP contribution < -0.4 is 5.32 Å². The fraction of sp³-hybridized carbons (Fsp3) is 0.857. The minimum Gasteiger partial charge on any atom is -0.357 e. The Bertz CT molecular complexity index is 408. The second-order valence-corrected chi connectivity index (χ2v) is 7.55. The summed E-state index contributed by atoms with van der Waals surface area (Å²) < 4.78 is 4.46. The summed E-state index contributed by atoms with van der Waals surface area (Å²) in [6, 6.07) is 1.24. The molecule has 0 aromatic carbocycles. The van der Waals surface area contributed by atoms with Gasteiger partial charge < -0.3 is 10.2 Å². The molecule has 0 aliphatic heterocycles. The van der Waals surface area contributed by atoms with E-state index in [9.17, 15) is 0 Å². The fourth-order valence-corrected chi connectivity index (χ4v) is 3.36. The Morgan fingerprint density at radius 2 is 2.00 bits per heavy atom. The molecule has 1 aromatic heterocycles. The molecule has 1 N–H and O–H groups in total. The summed E-state index contributed by atoms with van der Waals surface area (Å²) in [6.07, 6.45) is 5.06. The monoisotopic (exact) mass is 282 g/mol. The summed E-state index contributed by atoms with van der Waals surface area (Å²) in [5.74, 6) is 0.944. The van der Waals surface area contributed by atoms with E-state index in [0.29, 0.717) is 12.1 Å². The number of aromatic nitrogens is 2. The van der Waals surface area contributed by atoms with Crippen molar-refractivity contribution in [2.24, 2.45) is 0 Å². The highest BCUT2D eigenvalue weighted by Crippen LogP contribution is 2.27. The van der Waals surface area contributed by atoms with Crippen LogP contribution in [0.4, 0.5) is 5.13 Å². The molecular formula is C14H26N4S. The first kappa shape index (κ1) is 14.7. The van der Waals surface area contributed by atoms with Gasteiger partial charge in [-0.2, -0.15) is 4.37 Å². The molecule has 0 saturated heterocycles. The molecule has 4 nitrogen and oxygen atoms in total. The quantitative estimate of drug-likeness (QED) is 0.925. The van der Waals surface area contributed by atoms with Crippen LogP contribution in [0.25, 0.3) is 0 Å². The van der Waals surface area contributed by atoms with E-state index >= 15 is 0 Å². The van der Waals surface area contributed by atoms with Gasteiger partial charge in [-0.05, 0) is 39.8 Å². The zero-order valence-corrected chi connectivity index (χ0v) is 13.5. The first-order valence-corrected chi connectivity index (χ1v) is 7.91. The van der Waals surface area contributed by atoms with E-state index in [1.807, 2.05) is 0 Å². The molecule has 0 bridgehead atoms. The van der Waals surface area contributed by atoms with E-state index < -0.39 is 0 Å². The van der Waals surface area contributed by atoms with Gasteiger partial charge in [0.15, 0.2) is 0 Å². The zero-order chi connectivity index (χ0) is 14.0. The highest BCUT2D eigenvalue weighted by Gasteiger charge is 2.25. The van der Waals surface area contributed by atoms with Crippen molar-refractivity contribution >= 4 is 16.7 Å². The van der Waals surface area contributed by atoms with Crippen molar-refractivity contribution in [2.75, 3.05) is 19.4 Å². The van der Waals surface area contributed by atoms with E-state index in [-0.39, 0.29) is 5.41 Å². The van der Waals surface area contributed by atoms with Gasteiger partial charge >= 0.3 is 0 Å². The third-order valence-electron chi connectivity index (χ3n) is 3.80. The molecule has 1 saturated carbocycles. The minimum atomic E-state index is 0.0369. The van der Waals surface area contributed by atoms with Crippen molar-refractivity contribution in [3.05, 3.63) is 5.82 Å². The van der Waals surface area contributed by atoms with Gasteiger partial charge in [-0.15, -0.1) is 0 Å². The predicted octanol–water partition coefficient (Wildman–Crippen LogP) is 3.12. The standard InChI is InChI=1S/C14H26N4S/c1-14(2,3)12-16-13(19-17-12)15-10-7-6-8-11(9-10)18(4)5/h10-11H,6-9H2,1-5H3,(H,15,16,17). The Balaban J connectivity index is 1.95. The lowest BCUT2D eigenvalue weighted by atomic mass is 9.90. The first-order valence-electron chi connectivity index (χ1n) is 7.13. The molecule has 2 atom stereocenters. The van der Waals surface area contributed by atoms with Crippen LogP contribution in [0.1, 0.15) is 52.3 Å². The van der Waals surface area contributed by atoms with Gasteiger partial charge in [0.1, 0.15) is 5.82 Å². The van der Waals surface area contributed by atoms with Gasteiger partial charge in [-0.3, -0.25) is 0 Å². The third-order valence-corrected chi connectivity index (χ3v) is 4.45. The van der Waals surface area contributed by atoms with Crippen LogP contribution in [0, 0.1) is 0 Å². The molecule has 19 heavy (non-hydrogen) atoms. The van der Waals surface area contributed by atoms with Crippen molar-refractivity contribution in [1.29, 1.82) is 0 Å². The molecule has 5 heteroatoms. The predicted molar refractivity (Wildman–Crippen MR) is 82.0 cm³/mol. The first-order chi connectivity index (χ1) is 8.86. The lowest BCUT2D eigenvalue weighted by Crippen LogP contribution is -2.38. The average molecular weight is 282 g/mol. The summed E-state index contributed by atoms with van der Waals surface area (Å²) >= 11 is 1.49. The Labute approximate surface area is 120 Å². The zero-order valence-electron chi connectivity index (χ0n) is 12.7. The van der Waals surface area contributed by atoms with Crippen LogP contribution in [-0.4, -0.2) is 40.4 Å². The van der Waals surface area contributed by atoms with Gasteiger partial charge in [0.25, 0.3) is 0 Å². The molecule has 1 aliphatic carbocycles. The average Bonchev–Trinajstić information content (AvgIpc) is 2.77. The highest BCUT2D eigenvalue weighted by atomic mass is 32.1. The molecule has 1 aliphatic rings. The van der Waals surface area contributed by atoms with Crippen LogP contribution in [0.3, 0.4) is 0 Å². The van der Waals surface area contributed by atoms with E-state index in [1.54, 1.807) is 0 Å². The van der Waals surface area contributed by atoms with Gasteiger partial charge in [0, 0.05) is 29.0 Å². The summed E-state index contributed by atoms with van der Waals surface area (Å²) in [4.78, 5) is 6.97. The third kappa shape index (κ3) is 3.89. The van der Waals surface area contributed by atoms with Crippen LogP contribution in [0.2, 0.25) is 0 Å². The Kier molecular flexibility index (Phi) is 4.46. The number of anilines is 1. The van der Waals surface area contributed by atoms with Crippen LogP contribution in [-0.2, 0) is 5.41 Å². The number of hydrogen-bond donors (Lipinski definition) is 1. The Hall–Kier alpha value is -0.680. The maximum atomic E-state index is 4.63. The maximum absolute atomic E-state index is 4.63. The van der Waals surface area contributed by atoms with Crippen LogP contribution in [0.15, 0.2) is 0 Å². The minimum absolute atomic E-state index is 0.0369. The molecule has 0 spiro atoms. The molecule has 2 rings (SSSR count). The molecule has 0 radical (unpaired) electrons. The smallest absolute Gasteiger partial charge is 0.202 e. The van der Waals surface area contributed by atoms with Gasteiger partial charge in [-0.1, -0.05) is 20.8 Å². The second-order valence-electron chi connectivity index (χ2n) is 6.80. The van der Waals surface area contributed by atoms with E-state index in [2.05, 4.69) is 54.4 Å². The highest BCUT2D eigenvalue weighted by molar-refractivity contribution is 7.09. The van der Waals surface area contributed by atoms with Gasteiger partial charge in [-0.25, -0.2) is 4.98 Å². The Morgan fingerprint density at radius 3 is 2.58 bits per heavy atom. The molecule has 1 aromatic rings. The number of nitrogens with one attached hydrogen (secondary N) is 1. The number of hydrogen-bond acceptors (Lipinski definition) is 5. The summed E-state index contributed by atoms with van der Waals surface area (Å²) in [6.45, 7) is 6.46. The van der Waals surface area contributed by atoms with Crippen molar-refractivity contribution in [3.8, 4) is 0 Å². The van der Waals surface area contributed by atoms with Crippen molar-refractivity contribution < 1.29 is 0 Å².